The standard InChI is InChI=1S/C31H29N3O6Si/c1-32(2)19-8-11-22-25(16-19)41(5,6)26-17-20(33(3)4)9-12-23(26)29(22)24-15-18(7-10-21(24)30(37)38)31(39)40-34-27(35)13-14-28(34)36/h7-17H,1-6H3/p+1. The zero-order chi connectivity index (χ0) is 29.8. The Morgan fingerprint density at radius 3 is 2.22 bits per heavy atom. The Bertz CT molecular complexity index is 1700. The summed E-state index contributed by atoms with van der Waals surface area (Å²) in [5.41, 5.74) is 4.91. The number of carbonyl (C=O) groups excluding carboxylic acids is 3. The van der Waals surface area contributed by atoms with Crippen LogP contribution >= 0.6 is 0 Å². The molecular formula is C31H30N3O6Si+. The van der Waals surface area contributed by atoms with E-state index in [1.807, 2.05) is 62.0 Å². The van der Waals surface area contributed by atoms with E-state index in [1.54, 1.807) is 0 Å². The van der Waals surface area contributed by atoms with Crippen molar-refractivity contribution in [2.24, 2.45) is 0 Å². The number of carboxylic acids is 1. The van der Waals surface area contributed by atoms with Gasteiger partial charge in [-0.05, 0) is 69.1 Å². The molecular weight excluding hydrogens is 538 g/mol. The third-order valence-corrected chi connectivity index (χ3v) is 11.1. The lowest BCUT2D eigenvalue weighted by molar-refractivity contribution is -0.462. The first kappa shape index (κ1) is 27.7. The van der Waals surface area contributed by atoms with Crippen molar-refractivity contribution in [1.29, 1.82) is 0 Å². The van der Waals surface area contributed by atoms with Gasteiger partial charge in [-0.1, -0.05) is 24.2 Å². The Morgan fingerprint density at radius 1 is 0.927 bits per heavy atom. The lowest BCUT2D eigenvalue weighted by atomic mass is 9.86. The van der Waals surface area contributed by atoms with E-state index in [0.717, 1.165) is 45.1 Å². The smallest absolute Gasteiger partial charge is 0.363 e. The fraction of sp³-hybridized carbons (Fsp3) is 0.194. The largest absolute Gasteiger partial charge is 0.478 e. The maximum atomic E-state index is 13.1. The van der Waals surface area contributed by atoms with E-state index in [2.05, 4.69) is 25.2 Å². The number of anilines is 1. The molecule has 2 heterocycles. The number of nitrogens with zero attached hydrogens (tertiary/aromatic N) is 3. The summed E-state index contributed by atoms with van der Waals surface area (Å²) in [5.74, 6) is -3.64. The van der Waals surface area contributed by atoms with Crippen LogP contribution in [0.4, 0.5) is 5.69 Å². The predicted molar refractivity (Wildman–Crippen MR) is 158 cm³/mol. The number of amides is 2. The van der Waals surface area contributed by atoms with Crippen molar-refractivity contribution in [3.8, 4) is 0 Å². The van der Waals surface area contributed by atoms with Gasteiger partial charge in [0.2, 0.25) is 0 Å². The number of hydrogen-bond donors (Lipinski definition) is 1. The monoisotopic (exact) mass is 568 g/mol. The average molecular weight is 569 g/mol. The second-order valence-electron chi connectivity index (χ2n) is 11.0. The summed E-state index contributed by atoms with van der Waals surface area (Å²) < 4.78 is 2.03. The number of fused-ring (bicyclic) bond motifs is 2. The number of hydrogen-bond acceptors (Lipinski definition) is 6. The van der Waals surface area contributed by atoms with E-state index in [4.69, 9.17) is 4.84 Å². The van der Waals surface area contributed by atoms with Gasteiger partial charge in [0.1, 0.15) is 22.2 Å². The van der Waals surface area contributed by atoms with E-state index < -0.39 is 31.8 Å². The molecule has 2 aliphatic heterocycles. The third-order valence-electron chi connectivity index (χ3n) is 7.62. The summed E-state index contributed by atoms with van der Waals surface area (Å²) >= 11 is 0. The predicted octanol–water partition coefficient (Wildman–Crippen LogP) is 2.93. The second-order valence-corrected chi connectivity index (χ2v) is 15.3. The number of allylic oxidation sites excluding steroid dienone is 5. The van der Waals surface area contributed by atoms with Crippen LogP contribution in [0.25, 0.3) is 5.57 Å². The second kappa shape index (κ2) is 9.97. The summed E-state index contributed by atoms with van der Waals surface area (Å²) in [5, 5.41) is 12.9. The fourth-order valence-corrected chi connectivity index (χ4v) is 8.42. The van der Waals surface area contributed by atoms with Crippen molar-refractivity contribution < 1.29 is 33.7 Å². The molecule has 208 valence electrons. The molecule has 41 heavy (non-hydrogen) atoms. The van der Waals surface area contributed by atoms with Crippen molar-refractivity contribution in [2.45, 2.75) is 13.1 Å². The summed E-state index contributed by atoms with van der Waals surface area (Å²) in [6.07, 6.45) is 8.20. The highest BCUT2D eigenvalue weighted by Gasteiger charge is 2.41. The van der Waals surface area contributed by atoms with Gasteiger partial charge >= 0.3 is 11.9 Å². The van der Waals surface area contributed by atoms with E-state index in [1.165, 1.54) is 18.2 Å². The Balaban J connectivity index is 1.77. The first-order chi connectivity index (χ1) is 19.3. The molecule has 3 aliphatic rings. The molecule has 0 atom stereocenters. The van der Waals surface area contributed by atoms with Gasteiger partial charge in [0.15, 0.2) is 5.71 Å². The summed E-state index contributed by atoms with van der Waals surface area (Å²) in [7, 11) is 5.63. The number of hydroxylamine groups is 2. The van der Waals surface area contributed by atoms with Crippen molar-refractivity contribution in [3.63, 3.8) is 0 Å². The third kappa shape index (κ3) is 4.65. The first-order valence-electron chi connectivity index (χ1n) is 13.0. The molecule has 10 heteroatoms. The van der Waals surface area contributed by atoms with Crippen molar-refractivity contribution in [1.82, 2.24) is 5.06 Å². The SMILES string of the molecule is CN(C)c1ccc2c(c1)[Si](C)(C)C1=CC(=[N+](C)C)C=CC1=C2c1cc(C(=O)ON2C(=O)C=CC2=O)ccc1C(=O)O. The average Bonchev–Trinajstić information content (AvgIpc) is 3.24. The number of rotatable bonds is 5. The van der Waals surface area contributed by atoms with Gasteiger partial charge in [-0.3, -0.25) is 9.59 Å². The van der Waals surface area contributed by atoms with Gasteiger partial charge in [-0.25, -0.2) is 14.2 Å². The van der Waals surface area contributed by atoms with E-state index in [9.17, 15) is 24.3 Å². The van der Waals surface area contributed by atoms with Crippen LogP contribution in [-0.2, 0) is 14.4 Å². The van der Waals surface area contributed by atoms with Gasteiger partial charge in [0.25, 0.3) is 11.8 Å². The molecule has 0 saturated carbocycles. The van der Waals surface area contributed by atoms with Crippen LogP contribution in [-0.4, -0.2) is 80.5 Å². The first-order valence-corrected chi connectivity index (χ1v) is 16.0. The minimum absolute atomic E-state index is 0.00463. The van der Waals surface area contributed by atoms with Crippen LogP contribution in [0.3, 0.4) is 0 Å². The molecule has 0 spiro atoms. The molecule has 0 fully saturated rings. The summed E-state index contributed by atoms with van der Waals surface area (Å²) in [6.45, 7) is 4.56. The zero-order valence-corrected chi connectivity index (χ0v) is 24.7. The van der Waals surface area contributed by atoms with E-state index in [-0.39, 0.29) is 11.1 Å². The minimum atomic E-state index is -2.28. The minimum Gasteiger partial charge on any atom is -0.478 e. The van der Waals surface area contributed by atoms with Crippen LogP contribution < -0.4 is 10.1 Å². The van der Waals surface area contributed by atoms with Crippen molar-refractivity contribution in [3.05, 3.63) is 99.8 Å². The molecule has 5 rings (SSSR count). The lowest BCUT2D eigenvalue weighted by Crippen LogP contribution is -2.49. The molecule has 0 radical (unpaired) electrons. The number of benzene rings is 2. The highest BCUT2D eigenvalue weighted by Crippen LogP contribution is 2.43. The molecule has 2 amide bonds. The Kier molecular flexibility index (Phi) is 6.74. The molecule has 1 aliphatic carbocycles. The van der Waals surface area contributed by atoms with Gasteiger partial charge in [-0.15, -0.1) is 0 Å². The molecule has 1 N–H and O–H groups in total. The molecule has 2 aromatic carbocycles. The van der Waals surface area contributed by atoms with Crippen LogP contribution in [0.15, 0.2) is 77.5 Å². The molecule has 0 unspecified atom stereocenters. The quantitative estimate of drug-likeness (QED) is 0.336. The van der Waals surface area contributed by atoms with E-state index >= 15 is 0 Å². The summed E-state index contributed by atoms with van der Waals surface area (Å²) in [4.78, 5) is 56.6. The maximum Gasteiger partial charge on any atom is 0.363 e. The van der Waals surface area contributed by atoms with Crippen LogP contribution in [0.2, 0.25) is 13.1 Å². The number of imide groups is 1. The highest BCUT2D eigenvalue weighted by molar-refractivity contribution is 6.98. The molecule has 0 bridgehead atoms. The Labute approximate surface area is 238 Å². The molecule has 2 aromatic rings. The zero-order valence-electron chi connectivity index (χ0n) is 23.7. The Hall–Kier alpha value is -4.83. The van der Waals surface area contributed by atoms with Crippen molar-refractivity contribution >= 4 is 54.0 Å². The van der Waals surface area contributed by atoms with Gasteiger partial charge in [0, 0.05) is 44.1 Å². The topological polar surface area (TPSA) is 107 Å². The maximum absolute atomic E-state index is 13.1. The highest BCUT2D eigenvalue weighted by atomic mass is 28.3. The van der Waals surface area contributed by atoms with Crippen molar-refractivity contribution in [2.75, 3.05) is 33.1 Å². The number of carbonyl (C=O) groups is 4. The normalized spacial score (nSPS) is 16.9. The van der Waals surface area contributed by atoms with Gasteiger partial charge < -0.3 is 14.8 Å². The van der Waals surface area contributed by atoms with Crippen LogP contribution in [0.5, 0.6) is 0 Å². The van der Waals surface area contributed by atoms with Gasteiger partial charge in [0.05, 0.1) is 11.1 Å². The Morgan fingerprint density at radius 2 is 1.61 bits per heavy atom. The molecule has 9 nitrogen and oxygen atoms in total. The fourth-order valence-electron chi connectivity index (χ4n) is 5.35. The van der Waals surface area contributed by atoms with Gasteiger partial charge in [-0.2, -0.15) is 0 Å². The van der Waals surface area contributed by atoms with E-state index in [0.29, 0.717) is 16.2 Å². The number of carboxylic acid groups (broad SMARTS) is 1. The van der Waals surface area contributed by atoms with Crippen LogP contribution in [0.1, 0.15) is 31.8 Å². The molecule has 0 aromatic heterocycles. The lowest BCUT2D eigenvalue weighted by Gasteiger charge is -2.38. The molecule has 0 saturated heterocycles. The van der Waals surface area contributed by atoms with Crippen LogP contribution in [0, 0.1) is 0 Å². The summed E-state index contributed by atoms with van der Waals surface area (Å²) in [6, 6.07) is 10.3. The number of aromatic carboxylic acids is 1.